The van der Waals surface area contributed by atoms with Gasteiger partial charge in [-0.25, -0.2) is 8.42 Å². The van der Waals surface area contributed by atoms with Gasteiger partial charge in [-0.1, -0.05) is 23.7 Å². The first-order valence-corrected chi connectivity index (χ1v) is 8.91. The zero-order chi connectivity index (χ0) is 17.3. The summed E-state index contributed by atoms with van der Waals surface area (Å²) >= 11 is 6.90. The normalized spacial score (nSPS) is 12.2. The van der Waals surface area contributed by atoms with Gasteiger partial charge in [-0.3, -0.25) is 4.31 Å². The number of hydrogen-bond donors (Lipinski definition) is 0. The minimum atomic E-state index is -4.61. The molecule has 2 rings (SSSR count). The van der Waals surface area contributed by atoms with Crippen LogP contribution in [0.4, 0.5) is 18.9 Å². The molecule has 0 N–H and O–H groups in total. The summed E-state index contributed by atoms with van der Waals surface area (Å²) < 4.78 is 64.8. The van der Waals surface area contributed by atoms with Crippen LogP contribution in [0.3, 0.4) is 0 Å². The monoisotopic (exact) mass is 381 g/mol. The molecule has 1 heterocycles. The van der Waals surface area contributed by atoms with Crippen molar-refractivity contribution in [1.82, 2.24) is 0 Å². The fraction of sp³-hybridized carbons (Fsp3) is 0.143. The molecule has 23 heavy (non-hydrogen) atoms. The van der Waals surface area contributed by atoms with Crippen molar-refractivity contribution < 1.29 is 21.6 Å². The summed E-state index contributed by atoms with van der Waals surface area (Å²) in [5, 5.41) is 1.46. The molecular formula is C14H11ClF3NO2S2. The SMILES string of the molecule is C=CCN(c1cc(C(F)(F)F)ccc1Cl)S(=O)(=O)c1cccs1. The van der Waals surface area contributed by atoms with Crippen molar-refractivity contribution in [1.29, 1.82) is 0 Å². The number of thiophene rings is 1. The number of rotatable bonds is 5. The first-order valence-electron chi connectivity index (χ1n) is 6.22. The maximum atomic E-state index is 12.9. The van der Waals surface area contributed by atoms with Gasteiger partial charge < -0.3 is 0 Å². The van der Waals surface area contributed by atoms with Crippen molar-refractivity contribution >= 4 is 38.6 Å². The van der Waals surface area contributed by atoms with Crippen LogP contribution in [0.25, 0.3) is 0 Å². The van der Waals surface area contributed by atoms with Gasteiger partial charge >= 0.3 is 6.18 Å². The predicted molar refractivity (Wildman–Crippen MR) is 85.5 cm³/mol. The minimum absolute atomic E-state index is 0.00725. The third kappa shape index (κ3) is 3.70. The second-order valence-electron chi connectivity index (χ2n) is 4.42. The summed E-state index contributed by atoms with van der Waals surface area (Å²) in [7, 11) is -4.03. The highest BCUT2D eigenvalue weighted by atomic mass is 35.5. The summed E-state index contributed by atoms with van der Waals surface area (Å²) in [6.07, 6.45) is -3.33. The third-order valence-electron chi connectivity index (χ3n) is 2.88. The Hall–Kier alpha value is -1.51. The predicted octanol–water partition coefficient (Wildman–Crippen LogP) is 4.80. The van der Waals surface area contributed by atoms with Gasteiger partial charge in [-0.05, 0) is 29.6 Å². The van der Waals surface area contributed by atoms with Crippen molar-refractivity contribution in [2.45, 2.75) is 10.4 Å². The van der Waals surface area contributed by atoms with Crippen LogP contribution >= 0.6 is 22.9 Å². The molecule has 0 amide bonds. The molecule has 124 valence electrons. The van der Waals surface area contributed by atoms with Crippen LogP contribution < -0.4 is 4.31 Å². The van der Waals surface area contributed by atoms with E-state index in [9.17, 15) is 21.6 Å². The average molecular weight is 382 g/mol. The zero-order valence-electron chi connectivity index (χ0n) is 11.5. The number of hydrogen-bond acceptors (Lipinski definition) is 3. The van der Waals surface area contributed by atoms with Gasteiger partial charge in [0, 0.05) is 0 Å². The third-order valence-corrected chi connectivity index (χ3v) is 6.35. The quantitative estimate of drug-likeness (QED) is 0.697. The highest BCUT2D eigenvalue weighted by Gasteiger charge is 2.33. The number of alkyl halides is 3. The topological polar surface area (TPSA) is 37.4 Å². The Morgan fingerprint density at radius 3 is 2.52 bits per heavy atom. The Kier molecular flexibility index (Phi) is 5.07. The molecule has 0 unspecified atom stereocenters. The molecule has 0 aliphatic heterocycles. The first-order chi connectivity index (χ1) is 10.7. The summed E-state index contributed by atoms with van der Waals surface area (Å²) in [6, 6.07) is 5.46. The number of benzene rings is 1. The fourth-order valence-corrected chi connectivity index (χ4v) is 4.66. The second kappa shape index (κ2) is 6.54. The summed E-state index contributed by atoms with van der Waals surface area (Å²) in [5.41, 5.74) is -1.22. The van der Waals surface area contributed by atoms with Crippen LogP contribution in [0.1, 0.15) is 5.56 Å². The second-order valence-corrected chi connectivity index (χ2v) is 7.86. The van der Waals surface area contributed by atoms with E-state index in [0.717, 1.165) is 33.8 Å². The van der Waals surface area contributed by atoms with Crippen molar-refractivity contribution in [3.63, 3.8) is 0 Å². The molecule has 3 nitrogen and oxygen atoms in total. The van der Waals surface area contributed by atoms with Crippen LogP contribution in [0.2, 0.25) is 5.02 Å². The molecular weight excluding hydrogens is 371 g/mol. The lowest BCUT2D eigenvalue weighted by Crippen LogP contribution is -2.31. The molecule has 0 aliphatic rings. The Labute approximate surface area is 140 Å². The standard InChI is InChI=1S/C14H11ClF3NO2S2/c1-2-7-19(23(20,21)13-4-3-8-22-13)12-9-10(14(16,17)18)5-6-11(12)15/h2-6,8-9H,1,7H2. The van der Waals surface area contributed by atoms with Gasteiger partial charge in [-0.15, -0.1) is 17.9 Å². The number of anilines is 1. The molecule has 9 heteroatoms. The van der Waals surface area contributed by atoms with Crippen LogP contribution in [0.15, 0.2) is 52.6 Å². The first kappa shape index (κ1) is 17.8. The van der Waals surface area contributed by atoms with E-state index in [1.807, 2.05) is 0 Å². The lowest BCUT2D eigenvalue weighted by Gasteiger charge is -2.24. The molecule has 0 saturated carbocycles. The average Bonchev–Trinajstić information content (AvgIpc) is 2.99. The van der Waals surface area contributed by atoms with E-state index < -0.39 is 21.8 Å². The van der Waals surface area contributed by atoms with E-state index >= 15 is 0 Å². The number of sulfonamides is 1. The van der Waals surface area contributed by atoms with E-state index in [4.69, 9.17) is 11.6 Å². The largest absolute Gasteiger partial charge is 0.416 e. The van der Waals surface area contributed by atoms with Gasteiger partial charge in [0.1, 0.15) is 4.21 Å². The van der Waals surface area contributed by atoms with E-state index in [2.05, 4.69) is 6.58 Å². The summed E-state index contributed by atoms with van der Waals surface area (Å²) in [5.74, 6) is 0. The zero-order valence-corrected chi connectivity index (χ0v) is 13.9. The molecule has 1 aromatic carbocycles. The Balaban J connectivity index is 2.61. The highest BCUT2D eigenvalue weighted by molar-refractivity contribution is 7.94. The molecule has 0 fully saturated rings. The number of nitrogens with zero attached hydrogens (tertiary/aromatic N) is 1. The minimum Gasteiger partial charge on any atom is -0.260 e. The van der Waals surface area contributed by atoms with E-state index in [1.165, 1.54) is 18.2 Å². The molecule has 1 aromatic heterocycles. The Morgan fingerprint density at radius 2 is 2.00 bits per heavy atom. The van der Waals surface area contributed by atoms with Crippen molar-refractivity contribution in [3.05, 3.63) is 59.0 Å². The van der Waals surface area contributed by atoms with Crippen molar-refractivity contribution in [2.75, 3.05) is 10.8 Å². The van der Waals surface area contributed by atoms with Gasteiger partial charge in [0.25, 0.3) is 10.0 Å². The highest BCUT2D eigenvalue weighted by Crippen LogP contribution is 2.37. The summed E-state index contributed by atoms with van der Waals surface area (Å²) in [4.78, 5) is 0. The van der Waals surface area contributed by atoms with Crippen LogP contribution in [0.5, 0.6) is 0 Å². The van der Waals surface area contributed by atoms with Crippen molar-refractivity contribution in [2.24, 2.45) is 0 Å². The van der Waals surface area contributed by atoms with Gasteiger partial charge in [-0.2, -0.15) is 13.2 Å². The maximum Gasteiger partial charge on any atom is 0.416 e. The smallest absolute Gasteiger partial charge is 0.260 e. The van der Waals surface area contributed by atoms with E-state index in [1.54, 1.807) is 5.38 Å². The Bertz CT molecular complexity index is 802. The van der Waals surface area contributed by atoms with E-state index in [0.29, 0.717) is 0 Å². The van der Waals surface area contributed by atoms with Crippen LogP contribution in [-0.2, 0) is 16.2 Å². The number of halogens is 4. The van der Waals surface area contributed by atoms with E-state index in [-0.39, 0.29) is 21.5 Å². The molecule has 0 spiro atoms. The molecule has 0 bridgehead atoms. The lowest BCUT2D eigenvalue weighted by atomic mass is 10.2. The Morgan fingerprint density at radius 1 is 1.30 bits per heavy atom. The lowest BCUT2D eigenvalue weighted by molar-refractivity contribution is -0.137. The van der Waals surface area contributed by atoms with Gasteiger partial charge in [0.15, 0.2) is 0 Å². The molecule has 0 aliphatic carbocycles. The van der Waals surface area contributed by atoms with Crippen LogP contribution in [-0.4, -0.2) is 15.0 Å². The maximum absolute atomic E-state index is 12.9. The molecule has 0 saturated heterocycles. The van der Waals surface area contributed by atoms with Crippen LogP contribution in [0, 0.1) is 0 Å². The molecule has 2 aromatic rings. The molecule has 0 atom stereocenters. The van der Waals surface area contributed by atoms with Gasteiger partial charge in [0.05, 0.1) is 22.8 Å². The van der Waals surface area contributed by atoms with Crippen molar-refractivity contribution in [3.8, 4) is 0 Å². The summed E-state index contributed by atoms with van der Waals surface area (Å²) in [6.45, 7) is 3.25. The fourth-order valence-electron chi connectivity index (χ4n) is 1.84. The molecule has 0 radical (unpaired) electrons. The van der Waals surface area contributed by atoms with Gasteiger partial charge in [0.2, 0.25) is 0 Å².